The van der Waals surface area contributed by atoms with Crippen molar-refractivity contribution in [3.63, 3.8) is 0 Å². The van der Waals surface area contributed by atoms with Gasteiger partial charge in [0.2, 0.25) is 6.54 Å². The molecular formula is C28H43N8O5P. The van der Waals surface area contributed by atoms with Crippen molar-refractivity contribution in [3.8, 4) is 0 Å². The van der Waals surface area contributed by atoms with Crippen LogP contribution in [0.2, 0.25) is 0 Å². The summed E-state index contributed by atoms with van der Waals surface area (Å²) in [5.41, 5.74) is 0.676. The van der Waals surface area contributed by atoms with Gasteiger partial charge in [-0.1, -0.05) is 27.7 Å². The van der Waals surface area contributed by atoms with E-state index in [9.17, 15) is 0 Å². The van der Waals surface area contributed by atoms with E-state index in [4.69, 9.17) is 29.8 Å². The SMILES string of the molecule is [C-]#[N+]CCOP(OC1[C@@H]2OC[C@]1(CN1CCOCC1)O[C@H]2n1cnc2c(N=CN(C)C)ncnc21)C(C(C)C)C(C)C. The molecule has 2 bridgehead atoms. The predicted molar refractivity (Wildman–Crippen MR) is 160 cm³/mol. The molecular weight excluding hydrogens is 559 g/mol. The summed E-state index contributed by atoms with van der Waals surface area (Å²) in [6.07, 6.45) is 3.62. The van der Waals surface area contributed by atoms with Gasteiger partial charge in [0.1, 0.15) is 30.7 Å². The van der Waals surface area contributed by atoms with Crippen LogP contribution in [0.1, 0.15) is 33.9 Å². The number of hydrogen-bond donors (Lipinski definition) is 0. The van der Waals surface area contributed by atoms with Crippen molar-refractivity contribution in [3.05, 3.63) is 24.1 Å². The van der Waals surface area contributed by atoms with Gasteiger partial charge in [0.05, 0.1) is 32.5 Å². The zero-order valence-corrected chi connectivity index (χ0v) is 26.3. The number of rotatable bonds is 13. The van der Waals surface area contributed by atoms with Gasteiger partial charge in [0.15, 0.2) is 31.6 Å². The molecule has 3 saturated heterocycles. The van der Waals surface area contributed by atoms with E-state index in [1.54, 1.807) is 12.7 Å². The Labute approximate surface area is 249 Å². The number of hydrogen-bond acceptors (Lipinski definition) is 10. The maximum Gasteiger partial charge on any atom is 0.238 e. The number of aromatic nitrogens is 4. The second-order valence-corrected chi connectivity index (χ2v) is 13.6. The molecule has 0 amide bonds. The third kappa shape index (κ3) is 6.45. The second kappa shape index (κ2) is 13.6. The fraction of sp³-hybridized carbons (Fsp3) is 0.750. The Morgan fingerprint density at radius 2 is 1.98 bits per heavy atom. The van der Waals surface area contributed by atoms with Crippen LogP contribution in [0.4, 0.5) is 5.82 Å². The van der Waals surface area contributed by atoms with Gasteiger partial charge >= 0.3 is 0 Å². The van der Waals surface area contributed by atoms with Crippen LogP contribution in [0.15, 0.2) is 17.6 Å². The molecule has 230 valence electrons. The molecule has 5 rings (SSSR count). The molecule has 5 heterocycles. The Morgan fingerprint density at radius 1 is 1.21 bits per heavy atom. The quantitative estimate of drug-likeness (QED) is 0.111. The zero-order chi connectivity index (χ0) is 29.9. The maximum atomic E-state index is 7.26. The minimum atomic E-state index is -1.34. The normalized spacial score (nSPS) is 27.2. The lowest BCUT2D eigenvalue weighted by Crippen LogP contribution is -2.53. The van der Waals surface area contributed by atoms with Crippen molar-refractivity contribution in [1.29, 1.82) is 0 Å². The first-order valence-electron chi connectivity index (χ1n) is 14.6. The minimum absolute atomic E-state index is 0.184. The molecule has 3 aliphatic rings. The average Bonchev–Trinajstić information content (AvgIpc) is 3.61. The van der Waals surface area contributed by atoms with Gasteiger partial charge in [-0.25, -0.2) is 26.5 Å². The lowest BCUT2D eigenvalue weighted by Gasteiger charge is -2.39. The van der Waals surface area contributed by atoms with Crippen molar-refractivity contribution in [2.24, 2.45) is 16.8 Å². The van der Waals surface area contributed by atoms with Crippen LogP contribution in [0, 0.1) is 18.4 Å². The standard InChI is InChI=1S/C28H43N8O5P/c1-19(2)23(20(3)4)42(39-11-8-29-5)41-24-22-27(40-28(24,15-38-22)14-35-9-12-37-13-10-35)36-18-32-21-25(33-17-34(6)7)30-16-31-26(21)36/h16-20,22-24,27H,8-15H2,1-4,6-7H3/t22-,24?,27+,28-,42?/m0/s1. The molecule has 0 radical (unpaired) electrons. The minimum Gasteiger partial charge on any atom is -0.379 e. The van der Waals surface area contributed by atoms with Crippen molar-refractivity contribution in [2.45, 2.75) is 57.4 Å². The Kier molecular flexibility index (Phi) is 10.0. The van der Waals surface area contributed by atoms with Gasteiger partial charge < -0.3 is 33.0 Å². The van der Waals surface area contributed by atoms with Crippen LogP contribution in [-0.4, -0.2) is 126 Å². The molecule has 42 heavy (non-hydrogen) atoms. The molecule has 14 heteroatoms. The average molecular weight is 603 g/mol. The summed E-state index contributed by atoms with van der Waals surface area (Å²) in [6, 6.07) is 0. The topological polar surface area (TPSA) is 113 Å². The molecule has 5 atom stereocenters. The Balaban J connectivity index is 1.49. The van der Waals surface area contributed by atoms with E-state index < -0.39 is 26.3 Å². The molecule has 0 saturated carbocycles. The molecule has 2 aromatic rings. The molecule has 13 nitrogen and oxygen atoms in total. The third-order valence-corrected chi connectivity index (χ3v) is 10.4. The molecule has 2 aromatic heterocycles. The van der Waals surface area contributed by atoms with E-state index in [2.05, 4.69) is 57.4 Å². The third-order valence-electron chi connectivity index (χ3n) is 7.84. The molecule has 0 N–H and O–H groups in total. The number of aliphatic imine (C=N–C) groups is 1. The van der Waals surface area contributed by atoms with Gasteiger partial charge in [-0.2, -0.15) is 0 Å². The lowest BCUT2D eigenvalue weighted by molar-refractivity contribution is -0.181. The Bertz CT molecular complexity index is 1250. The molecule has 2 unspecified atom stereocenters. The monoisotopic (exact) mass is 602 g/mol. The molecule has 0 aliphatic carbocycles. The van der Waals surface area contributed by atoms with E-state index in [0.29, 0.717) is 68.3 Å². The number of imidazole rings is 1. The predicted octanol–water partition coefficient (Wildman–Crippen LogP) is 3.36. The Morgan fingerprint density at radius 3 is 2.67 bits per heavy atom. The molecule has 3 fully saturated rings. The fourth-order valence-electron chi connectivity index (χ4n) is 6.05. The van der Waals surface area contributed by atoms with Gasteiger partial charge in [0.25, 0.3) is 0 Å². The van der Waals surface area contributed by atoms with E-state index in [-0.39, 0.29) is 11.8 Å². The lowest BCUT2D eigenvalue weighted by atomic mass is 9.98. The number of nitrogens with zero attached hydrogens (tertiary/aromatic N) is 8. The van der Waals surface area contributed by atoms with Gasteiger partial charge in [-0.15, -0.1) is 0 Å². The van der Waals surface area contributed by atoms with Crippen LogP contribution in [-0.2, 0) is 23.3 Å². The zero-order valence-electron chi connectivity index (χ0n) is 25.4. The van der Waals surface area contributed by atoms with E-state index in [1.807, 2.05) is 23.6 Å². The van der Waals surface area contributed by atoms with Crippen molar-refractivity contribution in [1.82, 2.24) is 29.3 Å². The van der Waals surface area contributed by atoms with Crippen molar-refractivity contribution in [2.75, 3.05) is 66.7 Å². The highest BCUT2D eigenvalue weighted by Gasteiger charge is 2.64. The second-order valence-electron chi connectivity index (χ2n) is 12.0. The summed E-state index contributed by atoms with van der Waals surface area (Å²) in [5, 5.41) is 0. The van der Waals surface area contributed by atoms with Gasteiger partial charge in [-0.05, 0) is 11.8 Å². The number of morpholine rings is 1. The molecule has 0 spiro atoms. The van der Waals surface area contributed by atoms with Crippen molar-refractivity contribution < 1.29 is 23.3 Å². The smallest absolute Gasteiger partial charge is 0.238 e. The van der Waals surface area contributed by atoms with Gasteiger partial charge in [-0.3, -0.25) is 9.47 Å². The summed E-state index contributed by atoms with van der Waals surface area (Å²) in [6.45, 7) is 20.8. The van der Waals surface area contributed by atoms with E-state index in [1.165, 1.54) is 6.33 Å². The number of fused-ring (bicyclic) bond motifs is 3. The largest absolute Gasteiger partial charge is 0.379 e. The summed E-state index contributed by atoms with van der Waals surface area (Å²) < 4.78 is 34.4. The van der Waals surface area contributed by atoms with Crippen molar-refractivity contribution >= 4 is 31.7 Å². The van der Waals surface area contributed by atoms with Crippen LogP contribution >= 0.6 is 8.38 Å². The van der Waals surface area contributed by atoms with Crippen LogP contribution in [0.25, 0.3) is 16.0 Å². The highest BCUT2D eigenvalue weighted by atomic mass is 31.2. The van der Waals surface area contributed by atoms with E-state index in [0.717, 1.165) is 13.1 Å². The fourth-order valence-corrected chi connectivity index (χ4v) is 8.20. The molecule has 3 aliphatic heterocycles. The van der Waals surface area contributed by atoms with E-state index >= 15 is 0 Å². The first kappa shape index (κ1) is 31.1. The van der Waals surface area contributed by atoms with Crippen LogP contribution < -0.4 is 0 Å². The maximum absolute atomic E-state index is 7.26. The number of ether oxygens (including phenoxy) is 3. The summed E-state index contributed by atoms with van der Waals surface area (Å²) in [7, 11) is 2.46. The van der Waals surface area contributed by atoms with Crippen LogP contribution in [0.5, 0.6) is 0 Å². The summed E-state index contributed by atoms with van der Waals surface area (Å²) in [5.74, 6) is 1.17. The highest BCUT2D eigenvalue weighted by Crippen LogP contribution is 2.57. The summed E-state index contributed by atoms with van der Waals surface area (Å²) >= 11 is 0. The van der Waals surface area contributed by atoms with Gasteiger partial charge in [0, 0.05) is 39.4 Å². The summed E-state index contributed by atoms with van der Waals surface area (Å²) in [4.78, 5) is 25.7. The molecule has 0 aromatic carbocycles. The highest BCUT2D eigenvalue weighted by molar-refractivity contribution is 7.48. The first-order valence-corrected chi connectivity index (χ1v) is 15.9. The first-order chi connectivity index (χ1) is 20.2. The Hall–Kier alpha value is -2.30. The van der Waals surface area contributed by atoms with Crippen LogP contribution in [0.3, 0.4) is 0 Å².